The summed E-state index contributed by atoms with van der Waals surface area (Å²) >= 11 is 11.9. The van der Waals surface area contributed by atoms with E-state index in [4.69, 9.17) is 23.8 Å². The van der Waals surface area contributed by atoms with Crippen molar-refractivity contribution in [2.45, 2.75) is 32.9 Å². The number of quaternary nitrogens is 1. The van der Waals surface area contributed by atoms with Crippen molar-refractivity contribution in [3.63, 3.8) is 0 Å². The molecule has 0 radical (unpaired) electrons. The third-order valence-corrected chi connectivity index (χ3v) is 5.20. The smallest absolute Gasteiger partial charge is 0.171 e. The van der Waals surface area contributed by atoms with E-state index in [1.807, 2.05) is 19.9 Å². The number of nitrogens with one attached hydrogen (secondary N) is 3. The third kappa shape index (κ3) is 4.94. The number of thiocarbonyl (C=S) groups is 1. The fourth-order valence-corrected chi connectivity index (χ4v) is 4.15. The van der Waals surface area contributed by atoms with Gasteiger partial charge in [0.05, 0.1) is 29.8 Å². The van der Waals surface area contributed by atoms with Crippen LogP contribution in [-0.4, -0.2) is 24.2 Å². The average molecular weight is 375 g/mol. The lowest BCUT2D eigenvalue weighted by molar-refractivity contribution is -0.901. The maximum atomic E-state index is 6.35. The molecule has 3 rings (SSSR count). The number of likely N-dealkylation sites (tertiary alicyclic amines) is 1. The van der Waals surface area contributed by atoms with Gasteiger partial charge in [0.1, 0.15) is 6.54 Å². The molecule has 2 atom stereocenters. The summed E-state index contributed by atoms with van der Waals surface area (Å²) in [4.78, 5) is 1.59. The molecule has 0 spiro atoms. The van der Waals surface area contributed by atoms with Gasteiger partial charge in [0.25, 0.3) is 0 Å². The zero-order valence-electron chi connectivity index (χ0n) is 14.7. The van der Waals surface area contributed by atoms with Gasteiger partial charge < -0.3 is 15.5 Å². The van der Waals surface area contributed by atoms with E-state index in [0.29, 0.717) is 16.2 Å². The molecule has 1 heterocycles. The lowest BCUT2D eigenvalue weighted by atomic mass is 10.1. The van der Waals surface area contributed by atoms with E-state index in [2.05, 4.69) is 47.0 Å². The van der Waals surface area contributed by atoms with Crippen LogP contribution in [0.4, 0.5) is 5.69 Å². The first kappa shape index (κ1) is 18.2. The SMILES string of the molecule is Cc1cc(C)c(NC(=S)N[C@H]2CC[NH+](Cc3ccccc3)C2)c(Cl)c1. The lowest BCUT2D eigenvalue weighted by Crippen LogP contribution is -3.09. The van der Waals surface area contributed by atoms with Gasteiger partial charge >= 0.3 is 0 Å². The van der Waals surface area contributed by atoms with Crippen LogP contribution in [0.2, 0.25) is 5.02 Å². The van der Waals surface area contributed by atoms with Crippen LogP contribution in [0.1, 0.15) is 23.1 Å². The van der Waals surface area contributed by atoms with Gasteiger partial charge in [-0.3, -0.25) is 0 Å². The lowest BCUT2D eigenvalue weighted by Gasteiger charge is -2.18. The van der Waals surface area contributed by atoms with Gasteiger partial charge in [0.2, 0.25) is 0 Å². The maximum absolute atomic E-state index is 6.35. The highest BCUT2D eigenvalue weighted by atomic mass is 35.5. The van der Waals surface area contributed by atoms with Crippen LogP contribution in [0.5, 0.6) is 0 Å². The standard InChI is InChI=1S/C20H24ClN3S/c1-14-10-15(2)19(18(21)11-14)23-20(25)22-17-8-9-24(13-17)12-16-6-4-3-5-7-16/h3-7,10-11,17H,8-9,12-13H2,1-2H3,(H2,22,23,25)/p+1/t17-/m0/s1. The Bertz CT molecular complexity index is 725. The molecule has 0 bridgehead atoms. The molecular formula is C20H25ClN3S+. The van der Waals surface area contributed by atoms with Crippen molar-refractivity contribution in [2.75, 3.05) is 18.4 Å². The predicted octanol–water partition coefficient (Wildman–Crippen LogP) is 3.10. The number of aryl methyl sites for hydroxylation is 2. The molecule has 1 saturated heterocycles. The molecule has 1 aliphatic heterocycles. The van der Waals surface area contributed by atoms with Gasteiger partial charge in [-0.15, -0.1) is 0 Å². The van der Waals surface area contributed by atoms with Crippen LogP contribution in [-0.2, 0) is 6.54 Å². The molecule has 0 aliphatic carbocycles. The van der Waals surface area contributed by atoms with Gasteiger partial charge in [-0.1, -0.05) is 48.0 Å². The van der Waals surface area contributed by atoms with Crippen LogP contribution >= 0.6 is 23.8 Å². The summed E-state index contributed by atoms with van der Waals surface area (Å²) in [5.41, 5.74) is 4.55. The Hall–Kier alpha value is -1.62. The zero-order valence-corrected chi connectivity index (χ0v) is 16.3. The summed E-state index contributed by atoms with van der Waals surface area (Å²) in [6, 6.07) is 15.1. The van der Waals surface area contributed by atoms with Crippen molar-refractivity contribution in [2.24, 2.45) is 0 Å². The molecule has 1 aliphatic rings. The first-order valence-electron chi connectivity index (χ1n) is 8.73. The quantitative estimate of drug-likeness (QED) is 0.718. The summed E-state index contributed by atoms with van der Waals surface area (Å²) in [5, 5.41) is 8.09. The number of benzene rings is 2. The molecule has 1 unspecified atom stereocenters. The second kappa shape index (κ2) is 8.17. The summed E-state index contributed by atoms with van der Waals surface area (Å²) in [6.45, 7) is 7.41. The third-order valence-electron chi connectivity index (χ3n) is 4.68. The predicted molar refractivity (Wildman–Crippen MR) is 110 cm³/mol. The normalized spacial score (nSPS) is 19.6. The van der Waals surface area contributed by atoms with Crippen LogP contribution in [0.25, 0.3) is 0 Å². The molecule has 2 aromatic rings. The van der Waals surface area contributed by atoms with E-state index < -0.39 is 0 Å². The molecule has 0 amide bonds. The van der Waals surface area contributed by atoms with Crippen LogP contribution in [0.3, 0.4) is 0 Å². The van der Waals surface area contributed by atoms with Crippen molar-refractivity contribution in [1.29, 1.82) is 0 Å². The fraction of sp³-hybridized carbons (Fsp3) is 0.350. The molecule has 3 N–H and O–H groups in total. The first-order chi connectivity index (χ1) is 12.0. The van der Waals surface area contributed by atoms with Crippen LogP contribution in [0, 0.1) is 13.8 Å². The Labute approximate surface area is 160 Å². The van der Waals surface area contributed by atoms with E-state index in [-0.39, 0.29) is 0 Å². The number of hydrogen-bond acceptors (Lipinski definition) is 1. The molecule has 1 fully saturated rings. The highest BCUT2D eigenvalue weighted by molar-refractivity contribution is 7.80. The molecular weight excluding hydrogens is 350 g/mol. The van der Waals surface area contributed by atoms with Crippen molar-refractivity contribution in [3.8, 4) is 0 Å². The molecule has 0 aromatic heterocycles. The maximum Gasteiger partial charge on any atom is 0.171 e. The molecule has 3 nitrogen and oxygen atoms in total. The number of rotatable bonds is 4. The molecule has 2 aromatic carbocycles. The number of halogens is 1. The zero-order chi connectivity index (χ0) is 17.8. The Balaban J connectivity index is 1.52. The van der Waals surface area contributed by atoms with Gasteiger partial charge in [0, 0.05) is 12.0 Å². The minimum atomic E-state index is 0.406. The summed E-state index contributed by atoms with van der Waals surface area (Å²) in [7, 11) is 0. The summed E-state index contributed by atoms with van der Waals surface area (Å²) < 4.78 is 0. The van der Waals surface area contributed by atoms with E-state index in [9.17, 15) is 0 Å². The van der Waals surface area contributed by atoms with Crippen molar-refractivity contribution in [1.82, 2.24) is 5.32 Å². The topological polar surface area (TPSA) is 28.5 Å². The highest BCUT2D eigenvalue weighted by Crippen LogP contribution is 2.27. The van der Waals surface area contributed by atoms with E-state index in [1.54, 1.807) is 4.90 Å². The van der Waals surface area contributed by atoms with E-state index in [1.165, 1.54) is 12.1 Å². The Morgan fingerprint density at radius 3 is 2.72 bits per heavy atom. The number of hydrogen-bond donors (Lipinski definition) is 3. The minimum Gasteiger partial charge on any atom is -0.354 e. The largest absolute Gasteiger partial charge is 0.354 e. The van der Waals surface area contributed by atoms with E-state index in [0.717, 1.165) is 36.3 Å². The van der Waals surface area contributed by atoms with Crippen LogP contribution < -0.4 is 15.5 Å². The Morgan fingerprint density at radius 2 is 2.00 bits per heavy atom. The van der Waals surface area contributed by atoms with Crippen molar-refractivity contribution in [3.05, 3.63) is 64.2 Å². The Morgan fingerprint density at radius 1 is 1.24 bits per heavy atom. The second-order valence-corrected chi connectivity index (χ2v) is 7.70. The molecule has 132 valence electrons. The van der Waals surface area contributed by atoms with Crippen molar-refractivity contribution < 1.29 is 4.90 Å². The monoisotopic (exact) mass is 374 g/mol. The van der Waals surface area contributed by atoms with Crippen molar-refractivity contribution >= 4 is 34.6 Å². The number of anilines is 1. The molecule has 0 saturated carbocycles. The minimum absolute atomic E-state index is 0.406. The summed E-state index contributed by atoms with van der Waals surface area (Å²) in [6.07, 6.45) is 1.13. The molecule has 5 heteroatoms. The first-order valence-corrected chi connectivity index (χ1v) is 9.51. The second-order valence-electron chi connectivity index (χ2n) is 6.89. The molecule has 25 heavy (non-hydrogen) atoms. The Kier molecular flexibility index (Phi) is 5.94. The summed E-state index contributed by atoms with van der Waals surface area (Å²) in [5.74, 6) is 0. The van der Waals surface area contributed by atoms with Gasteiger partial charge in [-0.2, -0.15) is 0 Å². The average Bonchev–Trinajstić information content (AvgIpc) is 2.98. The van der Waals surface area contributed by atoms with Gasteiger partial charge in [-0.25, -0.2) is 0 Å². The van der Waals surface area contributed by atoms with Gasteiger partial charge in [0.15, 0.2) is 5.11 Å². The van der Waals surface area contributed by atoms with E-state index >= 15 is 0 Å². The van der Waals surface area contributed by atoms with Crippen LogP contribution in [0.15, 0.2) is 42.5 Å². The highest BCUT2D eigenvalue weighted by Gasteiger charge is 2.26. The fourth-order valence-electron chi connectivity index (χ4n) is 3.51. The van der Waals surface area contributed by atoms with Gasteiger partial charge in [-0.05, 0) is 43.3 Å².